The summed E-state index contributed by atoms with van der Waals surface area (Å²) in [6, 6.07) is 6.15. The fraction of sp³-hybridized carbons (Fsp3) is 0.550. The van der Waals surface area contributed by atoms with Crippen molar-refractivity contribution in [2.75, 3.05) is 13.1 Å². The molecule has 0 radical (unpaired) electrons. The van der Waals surface area contributed by atoms with Gasteiger partial charge in [-0.1, -0.05) is 26.8 Å². The van der Waals surface area contributed by atoms with Crippen molar-refractivity contribution in [3.8, 4) is 11.4 Å². The number of amides is 1. The van der Waals surface area contributed by atoms with E-state index >= 15 is 0 Å². The van der Waals surface area contributed by atoms with E-state index in [9.17, 15) is 4.79 Å². The number of carbonyl (C=O) groups excluding carboxylic acids is 1. The zero-order chi connectivity index (χ0) is 18.0. The normalized spacial score (nSPS) is 18.4. The van der Waals surface area contributed by atoms with Gasteiger partial charge in [0.2, 0.25) is 5.91 Å². The summed E-state index contributed by atoms with van der Waals surface area (Å²) in [5.41, 5.74) is 2.97. The van der Waals surface area contributed by atoms with Gasteiger partial charge in [-0.25, -0.2) is 0 Å². The molecule has 0 spiro atoms. The van der Waals surface area contributed by atoms with Gasteiger partial charge in [0.15, 0.2) is 0 Å². The van der Waals surface area contributed by atoms with E-state index in [0.717, 1.165) is 43.7 Å². The van der Waals surface area contributed by atoms with Crippen molar-refractivity contribution < 1.29 is 4.79 Å². The number of piperidine rings is 1. The molecule has 2 aromatic rings. The molecule has 0 unspecified atom stereocenters. The predicted octanol–water partition coefficient (Wildman–Crippen LogP) is 3.31. The van der Waals surface area contributed by atoms with E-state index in [4.69, 9.17) is 0 Å². The van der Waals surface area contributed by atoms with Crippen molar-refractivity contribution in [2.45, 2.75) is 40.0 Å². The summed E-state index contributed by atoms with van der Waals surface area (Å²) in [4.78, 5) is 19.3. The number of likely N-dealkylation sites (tertiary alicyclic amines) is 1. The summed E-state index contributed by atoms with van der Waals surface area (Å²) in [5, 5.41) is 4.27. The van der Waals surface area contributed by atoms with Crippen LogP contribution in [0, 0.1) is 11.3 Å². The molecule has 1 amide bonds. The molecule has 1 fully saturated rings. The zero-order valence-corrected chi connectivity index (χ0v) is 15.7. The number of hydrogen-bond donors (Lipinski definition) is 0. The third kappa shape index (κ3) is 3.91. The number of rotatable bonds is 3. The SMILES string of the molecule is Cn1nccc1-c1ncccc1C[C@H]1CCCN(C(=O)C(C)(C)C)C1. The van der Waals surface area contributed by atoms with E-state index in [1.807, 2.05) is 55.7 Å². The minimum absolute atomic E-state index is 0.259. The molecular formula is C20H28N4O. The predicted molar refractivity (Wildman–Crippen MR) is 98.9 cm³/mol. The molecule has 0 saturated carbocycles. The second-order valence-corrected chi connectivity index (χ2v) is 8.06. The fourth-order valence-corrected chi connectivity index (χ4v) is 3.64. The Labute approximate surface area is 150 Å². The molecule has 3 rings (SSSR count). The van der Waals surface area contributed by atoms with Crippen LogP contribution in [0.1, 0.15) is 39.2 Å². The molecule has 1 aliphatic rings. The van der Waals surface area contributed by atoms with Gasteiger partial charge in [-0.3, -0.25) is 14.5 Å². The van der Waals surface area contributed by atoms with Gasteiger partial charge in [-0.2, -0.15) is 5.10 Å². The Kier molecular flexibility index (Phi) is 4.93. The first-order valence-electron chi connectivity index (χ1n) is 9.08. The monoisotopic (exact) mass is 340 g/mol. The first kappa shape index (κ1) is 17.6. The highest BCUT2D eigenvalue weighted by atomic mass is 16.2. The van der Waals surface area contributed by atoms with Crippen molar-refractivity contribution in [1.29, 1.82) is 0 Å². The highest BCUT2D eigenvalue weighted by molar-refractivity contribution is 5.81. The lowest BCUT2D eigenvalue weighted by molar-refractivity contribution is -0.141. The van der Waals surface area contributed by atoms with Gasteiger partial charge < -0.3 is 4.90 Å². The average molecular weight is 340 g/mol. The van der Waals surface area contributed by atoms with Crippen LogP contribution in [0.4, 0.5) is 0 Å². The van der Waals surface area contributed by atoms with Gasteiger partial charge in [0.1, 0.15) is 0 Å². The molecule has 25 heavy (non-hydrogen) atoms. The molecule has 3 heterocycles. The molecule has 5 nitrogen and oxygen atoms in total. The van der Waals surface area contributed by atoms with E-state index in [-0.39, 0.29) is 11.3 Å². The van der Waals surface area contributed by atoms with Crippen molar-refractivity contribution in [3.63, 3.8) is 0 Å². The Morgan fingerprint density at radius 1 is 1.28 bits per heavy atom. The van der Waals surface area contributed by atoms with Crippen molar-refractivity contribution >= 4 is 5.91 Å². The Hall–Kier alpha value is -2.17. The average Bonchev–Trinajstić information content (AvgIpc) is 3.00. The summed E-state index contributed by atoms with van der Waals surface area (Å²) >= 11 is 0. The molecule has 0 bridgehead atoms. The standard InChI is InChI=1S/C20H28N4O/c1-20(2,3)19(25)24-12-6-7-15(14-24)13-16-8-5-10-21-18(16)17-9-11-22-23(17)4/h5,8-11,15H,6-7,12-14H2,1-4H3/t15-/m1/s1. The molecule has 5 heteroatoms. The molecule has 134 valence electrons. The van der Waals surface area contributed by atoms with Crippen LogP contribution in [0.2, 0.25) is 0 Å². The topological polar surface area (TPSA) is 51.0 Å². The van der Waals surface area contributed by atoms with Crippen LogP contribution in [0.25, 0.3) is 11.4 Å². The van der Waals surface area contributed by atoms with Crippen molar-refractivity contribution in [2.24, 2.45) is 18.4 Å². The van der Waals surface area contributed by atoms with Crippen LogP contribution in [0.15, 0.2) is 30.6 Å². The van der Waals surface area contributed by atoms with Gasteiger partial charge in [0.05, 0.1) is 11.4 Å². The van der Waals surface area contributed by atoms with Gasteiger partial charge in [0, 0.05) is 37.9 Å². The van der Waals surface area contributed by atoms with Crippen LogP contribution in [0.5, 0.6) is 0 Å². The molecular weight excluding hydrogens is 312 g/mol. The molecule has 1 saturated heterocycles. The third-order valence-electron chi connectivity index (χ3n) is 4.91. The highest BCUT2D eigenvalue weighted by Gasteiger charge is 2.31. The Morgan fingerprint density at radius 3 is 2.76 bits per heavy atom. The summed E-state index contributed by atoms with van der Waals surface area (Å²) in [7, 11) is 1.94. The Balaban J connectivity index is 1.77. The maximum absolute atomic E-state index is 12.6. The minimum atomic E-state index is -0.309. The highest BCUT2D eigenvalue weighted by Crippen LogP contribution is 2.28. The first-order valence-corrected chi connectivity index (χ1v) is 9.08. The molecule has 0 aliphatic carbocycles. The number of nitrogens with zero attached hydrogens (tertiary/aromatic N) is 4. The van der Waals surface area contributed by atoms with E-state index in [0.29, 0.717) is 5.92 Å². The maximum atomic E-state index is 12.6. The van der Waals surface area contributed by atoms with Crippen molar-refractivity contribution in [1.82, 2.24) is 19.7 Å². The number of aryl methyl sites for hydroxylation is 1. The fourth-order valence-electron chi connectivity index (χ4n) is 3.64. The molecule has 1 aliphatic heterocycles. The second kappa shape index (κ2) is 6.98. The van der Waals surface area contributed by atoms with Gasteiger partial charge in [-0.15, -0.1) is 0 Å². The zero-order valence-electron chi connectivity index (χ0n) is 15.7. The minimum Gasteiger partial charge on any atom is -0.342 e. The largest absolute Gasteiger partial charge is 0.342 e. The number of pyridine rings is 1. The van der Waals surface area contributed by atoms with E-state index in [1.54, 1.807) is 6.20 Å². The lowest BCUT2D eigenvalue weighted by Gasteiger charge is -2.36. The Morgan fingerprint density at radius 2 is 2.08 bits per heavy atom. The summed E-state index contributed by atoms with van der Waals surface area (Å²) in [6.45, 7) is 7.73. The van der Waals surface area contributed by atoms with Gasteiger partial charge in [0.25, 0.3) is 0 Å². The number of hydrogen-bond acceptors (Lipinski definition) is 3. The first-order chi connectivity index (χ1) is 11.9. The van der Waals surface area contributed by atoms with Gasteiger partial charge >= 0.3 is 0 Å². The summed E-state index contributed by atoms with van der Waals surface area (Å²) in [6.07, 6.45) is 6.82. The maximum Gasteiger partial charge on any atom is 0.227 e. The van der Waals surface area contributed by atoms with E-state index < -0.39 is 0 Å². The lowest BCUT2D eigenvalue weighted by atomic mass is 9.88. The van der Waals surface area contributed by atoms with Crippen molar-refractivity contribution in [3.05, 3.63) is 36.2 Å². The van der Waals surface area contributed by atoms with Crippen LogP contribution in [-0.2, 0) is 18.3 Å². The number of aromatic nitrogens is 3. The van der Waals surface area contributed by atoms with Crippen LogP contribution in [0.3, 0.4) is 0 Å². The third-order valence-corrected chi connectivity index (χ3v) is 4.91. The molecule has 2 aromatic heterocycles. The smallest absolute Gasteiger partial charge is 0.227 e. The van der Waals surface area contributed by atoms with Gasteiger partial charge in [-0.05, 0) is 42.9 Å². The molecule has 1 atom stereocenters. The van der Waals surface area contributed by atoms with Crippen LogP contribution >= 0.6 is 0 Å². The summed E-state index contributed by atoms with van der Waals surface area (Å²) in [5.74, 6) is 0.742. The molecule has 0 aromatic carbocycles. The molecule has 0 N–H and O–H groups in total. The number of carbonyl (C=O) groups is 1. The Bertz CT molecular complexity index is 744. The summed E-state index contributed by atoms with van der Waals surface area (Å²) < 4.78 is 1.86. The van der Waals surface area contributed by atoms with Crippen LogP contribution < -0.4 is 0 Å². The van der Waals surface area contributed by atoms with E-state index in [1.165, 1.54) is 5.56 Å². The lowest BCUT2D eigenvalue weighted by Crippen LogP contribution is -2.45. The van der Waals surface area contributed by atoms with E-state index in [2.05, 4.69) is 16.1 Å². The van der Waals surface area contributed by atoms with Crippen LogP contribution in [-0.4, -0.2) is 38.7 Å². The second-order valence-electron chi connectivity index (χ2n) is 8.06. The quantitative estimate of drug-likeness (QED) is 0.861.